The minimum atomic E-state index is -0.858. The fourth-order valence-electron chi connectivity index (χ4n) is 3.06. The van der Waals surface area contributed by atoms with Gasteiger partial charge in [-0.05, 0) is 24.5 Å². The van der Waals surface area contributed by atoms with E-state index in [1.165, 1.54) is 0 Å². The number of hydrogen-bond donors (Lipinski definition) is 2. The Hall–Kier alpha value is -2.44. The number of carbonyl (C=O) groups is 2. The minimum Gasteiger partial charge on any atom is -0.486 e. The van der Waals surface area contributed by atoms with E-state index in [0.717, 1.165) is 0 Å². The first-order valence-corrected chi connectivity index (χ1v) is 7.72. The molecule has 3 rings (SSSR count). The number of aliphatic carboxylic acids is 1. The number of para-hydroxylation sites is 1. The number of rotatable bonds is 2. The largest absolute Gasteiger partial charge is 0.486 e. The van der Waals surface area contributed by atoms with Gasteiger partial charge in [-0.25, -0.2) is 4.79 Å². The van der Waals surface area contributed by atoms with E-state index < -0.39 is 11.9 Å². The lowest BCUT2D eigenvalue weighted by Crippen LogP contribution is -2.47. The molecule has 2 aliphatic rings. The molecule has 0 aromatic heterocycles. The third-order valence-electron chi connectivity index (χ3n) is 4.10. The van der Waals surface area contributed by atoms with Crippen molar-refractivity contribution < 1.29 is 24.2 Å². The number of carboxylic acid groups (broad SMARTS) is 1. The summed E-state index contributed by atoms with van der Waals surface area (Å²) in [5.74, 6) is -0.103. The van der Waals surface area contributed by atoms with Gasteiger partial charge in [-0.15, -0.1) is 0 Å². The quantitative estimate of drug-likeness (QED) is 0.870. The van der Waals surface area contributed by atoms with E-state index in [1.807, 2.05) is 6.92 Å². The molecule has 2 heterocycles. The van der Waals surface area contributed by atoms with E-state index in [2.05, 4.69) is 5.32 Å². The second-order valence-corrected chi connectivity index (χ2v) is 6.04. The average molecular weight is 320 g/mol. The van der Waals surface area contributed by atoms with Crippen molar-refractivity contribution >= 4 is 17.7 Å². The van der Waals surface area contributed by atoms with Crippen LogP contribution in [0.5, 0.6) is 11.5 Å². The summed E-state index contributed by atoms with van der Waals surface area (Å²) in [6.07, 6.45) is 0.594. The highest BCUT2D eigenvalue weighted by Gasteiger charge is 2.32. The Morgan fingerprint density at radius 1 is 1.26 bits per heavy atom. The topological polar surface area (TPSA) is 88.1 Å². The van der Waals surface area contributed by atoms with Crippen molar-refractivity contribution in [1.82, 2.24) is 4.90 Å². The summed E-state index contributed by atoms with van der Waals surface area (Å²) in [6, 6.07) is 4.99. The second-order valence-electron chi connectivity index (χ2n) is 6.04. The number of anilines is 1. The molecule has 0 bridgehead atoms. The molecule has 2 amide bonds. The fraction of sp³-hybridized carbons (Fsp3) is 0.500. The summed E-state index contributed by atoms with van der Waals surface area (Å²) in [4.78, 5) is 25.3. The monoisotopic (exact) mass is 320 g/mol. The van der Waals surface area contributed by atoms with Crippen LogP contribution in [0, 0.1) is 11.8 Å². The molecule has 1 aromatic carbocycles. The van der Waals surface area contributed by atoms with Gasteiger partial charge in [0, 0.05) is 13.1 Å². The molecule has 2 aliphatic heterocycles. The number of piperidine rings is 1. The first-order chi connectivity index (χ1) is 11.0. The molecule has 7 heteroatoms. The maximum absolute atomic E-state index is 12.5. The van der Waals surface area contributed by atoms with Crippen LogP contribution in [-0.4, -0.2) is 48.3 Å². The molecule has 0 saturated carbocycles. The van der Waals surface area contributed by atoms with Gasteiger partial charge in [-0.1, -0.05) is 13.0 Å². The van der Waals surface area contributed by atoms with E-state index in [1.54, 1.807) is 23.1 Å². The predicted molar refractivity (Wildman–Crippen MR) is 82.9 cm³/mol. The molecule has 2 atom stereocenters. The zero-order valence-electron chi connectivity index (χ0n) is 12.9. The molecular formula is C16H20N2O5. The first kappa shape index (κ1) is 15.5. The van der Waals surface area contributed by atoms with Gasteiger partial charge < -0.3 is 24.8 Å². The van der Waals surface area contributed by atoms with Crippen molar-refractivity contribution in [3.8, 4) is 11.5 Å². The molecule has 2 unspecified atom stereocenters. The molecule has 7 nitrogen and oxygen atoms in total. The Morgan fingerprint density at radius 3 is 2.83 bits per heavy atom. The number of nitrogens with zero attached hydrogens (tertiary/aromatic N) is 1. The van der Waals surface area contributed by atoms with Gasteiger partial charge in [0.15, 0.2) is 11.5 Å². The molecule has 1 aromatic rings. The summed E-state index contributed by atoms with van der Waals surface area (Å²) >= 11 is 0. The van der Waals surface area contributed by atoms with Gasteiger partial charge in [-0.2, -0.15) is 0 Å². The lowest BCUT2D eigenvalue weighted by molar-refractivity contribution is -0.143. The van der Waals surface area contributed by atoms with E-state index in [9.17, 15) is 14.7 Å². The lowest BCUT2D eigenvalue weighted by atomic mass is 9.91. The number of fused-ring (bicyclic) bond motifs is 1. The average Bonchev–Trinajstić information content (AvgIpc) is 2.54. The number of amides is 2. The molecule has 1 fully saturated rings. The molecule has 0 radical (unpaired) electrons. The van der Waals surface area contributed by atoms with E-state index in [4.69, 9.17) is 9.47 Å². The van der Waals surface area contributed by atoms with Crippen LogP contribution in [0.4, 0.5) is 10.5 Å². The molecular weight excluding hydrogens is 300 g/mol. The van der Waals surface area contributed by atoms with Gasteiger partial charge in [0.2, 0.25) is 0 Å². The smallest absolute Gasteiger partial charge is 0.321 e. The van der Waals surface area contributed by atoms with Crippen molar-refractivity contribution in [3.63, 3.8) is 0 Å². The van der Waals surface area contributed by atoms with E-state index in [0.29, 0.717) is 43.4 Å². The molecule has 23 heavy (non-hydrogen) atoms. The highest BCUT2D eigenvalue weighted by molar-refractivity contribution is 5.92. The van der Waals surface area contributed by atoms with Crippen molar-refractivity contribution in [3.05, 3.63) is 18.2 Å². The van der Waals surface area contributed by atoms with Gasteiger partial charge in [0.05, 0.1) is 11.6 Å². The van der Waals surface area contributed by atoms with Crippen molar-refractivity contribution in [2.45, 2.75) is 13.3 Å². The maximum atomic E-state index is 12.5. The molecule has 0 aliphatic carbocycles. The predicted octanol–water partition coefficient (Wildman–Crippen LogP) is 2.03. The van der Waals surface area contributed by atoms with E-state index >= 15 is 0 Å². The van der Waals surface area contributed by atoms with Crippen LogP contribution in [0.25, 0.3) is 0 Å². The Balaban J connectivity index is 1.73. The van der Waals surface area contributed by atoms with Gasteiger partial charge >= 0.3 is 12.0 Å². The lowest BCUT2D eigenvalue weighted by Gasteiger charge is -2.34. The van der Waals surface area contributed by atoms with Gasteiger partial charge in [0.1, 0.15) is 13.2 Å². The summed E-state index contributed by atoms with van der Waals surface area (Å²) in [5, 5.41) is 12.0. The molecule has 0 spiro atoms. The first-order valence-electron chi connectivity index (χ1n) is 7.72. The van der Waals surface area contributed by atoms with Crippen LogP contribution >= 0.6 is 0 Å². The zero-order chi connectivity index (χ0) is 16.4. The highest BCUT2D eigenvalue weighted by atomic mass is 16.6. The van der Waals surface area contributed by atoms with Crippen molar-refractivity contribution in [1.29, 1.82) is 0 Å². The Kier molecular flexibility index (Phi) is 4.27. The van der Waals surface area contributed by atoms with Crippen LogP contribution in [0.15, 0.2) is 18.2 Å². The molecule has 2 N–H and O–H groups in total. The number of carboxylic acids is 1. The zero-order valence-corrected chi connectivity index (χ0v) is 12.9. The SMILES string of the molecule is CC1CC(C(=O)O)CN(C(=O)Nc2cccc3c2OCCO3)C1. The molecule has 1 saturated heterocycles. The number of urea groups is 1. The van der Waals surface area contributed by atoms with Crippen LogP contribution in [-0.2, 0) is 4.79 Å². The number of likely N-dealkylation sites (tertiary alicyclic amines) is 1. The number of ether oxygens (including phenoxy) is 2. The third-order valence-corrected chi connectivity index (χ3v) is 4.10. The van der Waals surface area contributed by atoms with E-state index in [-0.39, 0.29) is 18.5 Å². The summed E-state index contributed by atoms with van der Waals surface area (Å²) in [7, 11) is 0. The Bertz CT molecular complexity index is 618. The third kappa shape index (κ3) is 3.33. The minimum absolute atomic E-state index is 0.153. The Labute approximate surface area is 134 Å². The highest BCUT2D eigenvalue weighted by Crippen LogP contribution is 2.37. The molecule has 124 valence electrons. The van der Waals surface area contributed by atoms with Crippen molar-refractivity contribution in [2.24, 2.45) is 11.8 Å². The Morgan fingerprint density at radius 2 is 2.04 bits per heavy atom. The standard InChI is InChI=1S/C16H20N2O5/c1-10-7-11(15(19)20)9-18(8-10)16(21)17-12-3-2-4-13-14(12)23-6-5-22-13/h2-4,10-11H,5-9H2,1H3,(H,17,21)(H,19,20). The van der Waals surface area contributed by atoms with Crippen LogP contribution in [0.1, 0.15) is 13.3 Å². The fourth-order valence-corrected chi connectivity index (χ4v) is 3.06. The van der Waals surface area contributed by atoms with Crippen molar-refractivity contribution in [2.75, 3.05) is 31.6 Å². The maximum Gasteiger partial charge on any atom is 0.321 e. The van der Waals surface area contributed by atoms with Crippen LogP contribution < -0.4 is 14.8 Å². The number of carbonyl (C=O) groups excluding carboxylic acids is 1. The normalized spacial score (nSPS) is 23.3. The second kappa shape index (κ2) is 6.36. The number of benzene rings is 1. The number of nitrogens with one attached hydrogen (secondary N) is 1. The van der Waals surface area contributed by atoms with Gasteiger partial charge in [0.25, 0.3) is 0 Å². The van der Waals surface area contributed by atoms with Crippen LogP contribution in [0.3, 0.4) is 0 Å². The summed E-state index contributed by atoms with van der Waals surface area (Å²) in [5.41, 5.74) is 0.539. The van der Waals surface area contributed by atoms with Gasteiger partial charge in [-0.3, -0.25) is 4.79 Å². The number of hydrogen-bond acceptors (Lipinski definition) is 4. The summed E-state index contributed by atoms with van der Waals surface area (Å²) < 4.78 is 11.1. The van der Waals surface area contributed by atoms with Crippen LogP contribution in [0.2, 0.25) is 0 Å². The summed E-state index contributed by atoms with van der Waals surface area (Å²) in [6.45, 7) is 3.63.